The number of hydrogen-bond donors (Lipinski definition) is 1. The maximum absolute atomic E-state index is 11.1. The van der Waals surface area contributed by atoms with Gasteiger partial charge in [0.1, 0.15) is 11.3 Å². The largest absolute Gasteiger partial charge is 0.456 e. The van der Waals surface area contributed by atoms with Crippen molar-refractivity contribution in [2.24, 2.45) is 5.73 Å². The summed E-state index contributed by atoms with van der Waals surface area (Å²) in [5, 5.41) is 1.02. The van der Waals surface area contributed by atoms with Gasteiger partial charge < -0.3 is 10.2 Å². The van der Waals surface area contributed by atoms with E-state index in [-0.39, 0.29) is 12.4 Å². The molecule has 1 aromatic heterocycles. The quantitative estimate of drug-likeness (QED) is 0.834. The Hall–Kier alpha value is -1.74. The SMILES string of the molecule is C/C(C(N)=O)=C(/C)c1cc2ccccc2o1.Cl. The summed E-state index contributed by atoms with van der Waals surface area (Å²) >= 11 is 0. The molecule has 0 bridgehead atoms. The molecule has 0 fully saturated rings. The smallest absolute Gasteiger partial charge is 0.244 e. The number of nitrogens with two attached hydrogens (primary N) is 1. The van der Waals surface area contributed by atoms with E-state index in [1.807, 2.05) is 37.3 Å². The first-order chi connectivity index (χ1) is 7.59. The molecule has 1 amide bonds. The standard InChI is InChI=1S/C13H13NO2.ClH/c1-8(9(2)13(14)15)12-7-10-5-3-4-6-11(10)16-12;/h3-7H,1-2H3,(H2,14,15);1H/b9-8+;. The zero-order valence-electron chi connectivity index (χ0n) is 9.69. The van der Waals surface area contributed by atoms with Crippen molar-refractivity contribution >= 4 is 34.9 Å². The molecule has 0 aliphatic carbocycles. The number of carbonyl (C=O) groups is 1. The molecular formula is C13H14ClNO2. The van der Waals surface area contributed by atoms with Crippen LogP contribution in [0.2, 0.25) is 0 Å². The highest BCUT2D eigenvalue weighted by Gasteiger charge is 2.10. The molecule has 0 atom stereocenters. The summed E-state index contributed by atoms with van der Waals surface area (Å²) < 4.78 is 5.64. The molecule has 0 spiro atoms. The third kappa shape index (κ3) is 2.50. The number of furan rings is 1. The molecule has 0 saturated heterocycles. The third-order valence-electron chi connectivity index (χ3n) is 2.73. The van der Waals surface area contributed by atoms with Crippen LogP contribution >= 0.6 is 12.4 Å². The fourth-order valence-electron chi connectivity index (χ4n) is 1.54. The second kappa shape index (κ2) is 5.06. The van der Waals surface area contributed by atoms with Crippen molar-refractivity contribution < 1.29 is 9.21 Å². The van der Waals surface area contributed by atoms with Crippen molar-refractivity contribution in [3.8, 4) is 0 Å². The molecular weight excluding hydrogens is 238 g/mol. The Bertz CT molecular complexity index is 551. The van der Waals surface area contributed by atoms with Crippen LogP contribution in [0.15, 0.2) is 40.3 Å². The molecule has 0 unspecified atom stereocenters. The zero-order chi connectivity index (χ0) is 11.7. The molecule has 1 aromatic carbocycles. The van der Waals surface area contributed by atoms with Gasteiger partial charge in [-0.25, -0.2) is 0 Å². The molecule has 4 heteroatoms. The lowest BCUT2D eigenvalue weighted by atomic mass is 10.1. The molecule has 0 aliphatic heterocycles. The summed E-state index contributed by atoms with van der Waals surface area (Å²) in [6.45, 7) is 3.53. The number of rotatable bonds is 2. The molecule has 17 heavy (non-hydrogen) atoms. The first-order valence-corrected chi connectivity index (χ1v) is 5.06. The number of benzene rings is 1. The second-order valence-electron chi connectivity index (χ2n) is 3.76. The predicted molar refractivity (Wildman–Crippen MR) is 70.9 cm³/mol. The van der Waals surface area contributed by atoms with Gasteiger partial charge in [0.15, 0.2) is 0 Å². The van der Waals surface area contributed by atoms with Crippen molar-refractivity contribution in [2.45, 2.75) is 13.8 Å². The van der Waals surface area contributed by atoms with Crippen LogP contribution in [0.1, 0.15) is 19.6 Å². The average molecular weight is 252 g/mol. The molecule has 2 aromatic rings. The van der Waals surface area contributed by atoms with Crippen LogP contribution in [0.4, 0.5) is 0 Å². The number of para-hydroxylation sites is 1. The molecule has 0 radical (unpaired) electrons. The minimum Gasteiger partial charge on any atom is -0.456 e. The van der Waals surface area contributed by atoms with Gasteiger partial charge in [0.05, 0.1) is 0 Å². The van der Waals surface area contributed by atoms with Crippen LogP contribution in [0, 0.1) is 0 Å². The Kier molecular flexibility index (Phi) is 3.97. The van der Waals surface area contributed by atoms with Crippen LogP contribution in [-0.4, -0.2) is 5.91 Å². The van der Waals surface area contributed by atoms with Crippen LogP contribution < -0.4 is 5.73 Å². The Morgan fingerprint density at radius 3 is 2.47 bits per heavy atom. The van der Waals surface area contributed by atoms with E-state index in [0.29, 0.717) is 11.3 Å². The highest BCUT2D eigenvalue weighted by atomic mass is 35.5. The first-order valence-electron chi connectivity index (χ1n) is 5.06. The van der Waals surface area contributed by atoms with E-state index in [2.05, 4.69) is 0 Å². The lowest BCUT2D eigenvalue weighted by Gasteiger charge is -1.99. The molecule has 0 saturated carbocycles. The number of hydrogen-bond acceptors (Lipinski definition) is 2. The van der Waals surface area contributed by atoms with Gasteiger partial charge in [-0.15, -0.1) is 12.4 Å². The lowest BCUT2D eigenvalue weighted by Crippen LogP contribution is -2.12. The number of fused-ring (bicyclic) bond motifs is 1. The van der Waals surface area contributed by atoms with Crippen LogP contribution in [0.25, 0.3) is 16.5 Å². The van der Waals surface area contributed by atoms with Gasteiger partial charge >= 0.3 is 0 Å². The summed E-state index contributed by atoms with van der Waals surface area (Å²) in [6.07, 6.45) is 0. The number of amides is 1. The minimum atomic E-state index is -0.419. The van der Waals surface area contributed by atoms with Crippen molar-refractivity contribution in [1.82, 2.24) is 0 Å². The maximum atomic E-state index is 11.1. The molecule has 2 rings (SSSR count). The van der Waals surface area contributed by atoms with Crippen molar-refractivity contribution in [1.29, 1.82) is 0 Å². The van der Waals surface area contributed by atoms with Gasteiger partial charge in [0.25, 0.3) is 0 Å². The zero-order valence-corrected chi connectivity index (χ0v) is 10.5. The van der Waals surface area contributed by atoms with Gasteiger partial charge in [-0.3, -0.25) is 4.79 Å². The highest BCUT2D eigenvalue weighted by molar-refractivity contribution is 5.99. The minimum absolute atomic E-state index is 0. The van der Waals surface area contributed by atoms with Gasteiger partial charge in [0, 0.05) is 16.5 Å². The summed E-state index contributed by atoms with van der Waals surface area (Å²) in [6, 6.07) is 9.63. The summed E-state index contributed by atoms with van der Waals surface area (Å²) in [5.74, 6) is 0.274. The molecule has 2 N–H and O–H groups in total. The first kappa shape index (κ1) is 13.3. The topological polar surface area (TPSA) is 56.2 Å². The Morgan fingerprint density at radius 1 is 1.24 bits per heavy atom. The summed E-state index contributed by atoms with van der Waals surface area (Å²) in [5.41, 5.74) is 7.35. The van der Waals surface area contributed by atoms with E-state index in [1.165, 1.54) is 0 Å². The Labute approximate surface area is 106 Å². The van der Waals surface area contributed by atoms with Gasteiger partial charge in [-0.2, -0.15) is 0 Å². The monoisotopic (exact) mass is 251 g/mol. The van der Waals surface area contributed by atoms with E-state index < -0.39 is 5.91 Å². The van der Waals surface area contributed by atoms with E-state index in [9.17, 15) is 4.79 Å². The normalized spacial score (nSPS) is 11.9. The predicted octanol–water partition coefficient (Wildman–Crippen LogP) is 3.13. The molecule has 1 heterocycles. The third-order valence-corrected chi connectivity index (χ3v) is 2.73. The van der Waals surface area contributed by atoms with Crippen LogP contribution in [-0.2, 0) is 4.79 Å². The van der Waals surface area contributed by atoms with Crippen LogP contribution in [0.5, 0.6) is 0 Å². The number of halogens is 1. The van der Waals surface area contributed by atoms with E-state index in [0.717, 1.165) is 16.5 Å². The summed E-state index contributed by atoms with van der Waals surface area (Å²) in [4.78, 5) is 11.1. The van der Waals surface area contributed by atoms with E-state index in [1.54, 1.807) is 6.92 Å². The number of allylic oxidation sites excluding steroid dienone is 1. The molecule has 0 aliphatic rings. The number of primary amides is 1. The molecule has 3 nitrogen and oxygen atoms in total. The van der Waals surface area contributed by atoms with Gasteiger partial charge in [0.2, 0.25) is 5.91 Å². The Morgan fingerprint density at radius 2 is 1.88 bits per heavy atom. The van der Waals surface area contributed by atoms with Gasteiger partial charge in [-0.05, 0) is 26.0 Å². The van der Waals surface area contributed by atoms with Crippen molar-refractivity contribution in [3.63, 3.8) is 0 Å². The molecule has 90 valence electrons. The van der Waals surface area contributed by atoms with E-state index >= 15 is 0 Å². The number of carbonyl (C=O) groups excluding carboxylic acids is 1. The second-order valence-corrected chi connectivity index (χ2v) is 3.76. The average Bonchev–Trinajstić information content (AvgIpc) is 2.70. The van der Waals surface area contributed by atoms with E-state index in [4.69, 9.17) is 10.2 Å². The Balaban J connectivity index is 0.00000144. The fraction of sp³-hybridized carbons (Fsp3) is 0.154. The lowest BCUT2D eigenvalue weighted by molar-refractivity contribution is -0.114. The van der Waals surface area contributed by atoms with Gasteiger partial charge in [-0.1, -0.05) is 18.2 Å². The van der Waals surface area contributed by atoms with Crippen LogP contribution in [0.3, 0.4) is 0 Å². The van der Waals surface area contributed by atoms with Crippen molar-refractivity contribution in [3.05, 3.63) is 41.7 Å². The van der Waals surface area contributed by atoms with Crippen molar-refractivity contribution in [2.75, 3.05) is 0 Å². The fourth-order valence-corrected chi connectivity index (χ4v) is 1.54. The summed E-state index contributed by atoms with van der Waals surface area (Å²) in [7, 11) is 0. The maximum Gasteiger partial charge on any atom is 0.244 e. The highest BCUT2D eigenvalue weighted by Crippen LogP contribution is 2.25.